The van der Waals surface area contributed by atoms with Gasteiger partial charge in [-0.15, -0.1) is 0 Å². The number of H-pyrrole nitrogens is 1. The van der Waals surface area contributed by atoms with Crippen molar-refractivity contribution in [2.45, 2.75) is 12.5 Å². The number of carbonyl (C=O) groups excluding carboxylic acids is 1. The Bertz CT molecular complexity index is 1270. The molecule has 0 fully saturated rings. The van der Waals surface area contributed by atoms with Crippen LogP contribution in [0.3, 0.4) is 0 Å². The van der Waals surface area contributed by atoms with Crippen molar-refractivity contribution in [3.63, 3.8) is 0 Å². The maximum Gasteiger partial charge on any atom is 0.382 e. The Kier molecular flexibility index (Phi) is 5.14. The lowest BCUT2D eigenvalue weighted by atomic mass is 10.0. The molecule has 4 nitrogen and oxygen atoms in total. The number of alkyl halides is 2. The SMILES string of the molecule is O=C(OCc1ccccc1)C(F)(F)c1ccc(-c2ccc3ccccc3c2)[nH]c1=O. The van der Waals surface area contributed by atoms with E-state index in [1.807, 2.05) is 36.4 Å². The molecule has 0 aliphatic rings. The lowest BCUT2D eigenvalue weighted by Crippen LogP contribution is -2.34. The van der Waals surface area contributed by atoms with Crippen LogP contribution in [0, 0.1) is 0 Å². The number of aromatic amines is 1. The molecule has 4 rings (SSSR count). The summed E-state index contributed by atoms with van der Waals surface area (Å²) < 4.78 is 33.8. The second-order valence-corrected chi connectivity index (χ2v) is 6.81. The summed E-state index contributed by atoms with van der Waals surface area (Å²) in [5.74, 6) is -5.83. The van der Waals surface area contributed by atoms with Gasteiger partial charge in [0.05, 0.1) is 5.56 Å². The van der Waals surface area contributed by atoms with E-state index in [4.69, 9.17) is 4.74 Å². The highest BCUT2D eigenvalue weighted by molar-refractivity contribution is 5.86. The molecule has 0 saturated heterocycles. The van der Waals surface area contributed by atoms with Gasteiger partial charge >= 0.3 is 11.9 Å². The molecule has 4 aromatic rings. The van der Waals surface area contributed by atoms with Crippen LogP contribution in [0.1, 0.15) is 11.1 Å². The number of halogens is 2. The third-order valence-corrected chi connectivity index (χ3v) is 4.78. The molecule has 0 aliphatic carbocycles. The van der Waals surface area contributed by atoms with Gasteiger partial charge in [-0.1, -0.05) is 66.7 Å². The van der Waals surface area contributed by atoms with Gasteiger partial charge in [-0.05, 0) is 40.1 Å². The Labute approximate surface area is 170 Å². The van der Waals surface area contributed by atoms with Crippen LogP contribution in [0.2, 0.25) is 0 Å². The Morgan fingerprint density at radius 3 is 2.30 bits per heavy atom. The molecule has 0 amide bonds. The Hall–Kier alpha value is -3.80. The number of ether oxygens (including phenoxy) is 1. The molecule has 6 heteroatoms. The van der Waals surface area contributed by atoms with E-state index in [9.17, 15) is 18.4 Å². The minimum absolute atomic E-state index is 0.303. The van der Waals surface area contributed by atoms with Gasteiger partial charge in [-0.25, -0.2) is 4.79 Å². The van der Waals surface area contributed by atoms with Crippen LogP contribution in [-0.4, -0.2) is 11.0 Å². The average Bonchev–Trinajstić information content (AvgIpc) is 2.77. The van der Waals surface area contributed by atoms with Crippen molar-refractivity contribution in [3.8, 4) is 11.3 Å². The van der Waals surface area contributed by atoms with Crippen LogP contribution in [0.25, 0.3) is 22.0 Å². The number of esters is 1. The number of nitrogens with one attached hydrogen (secondary N) is 1. The number of pyridine rings is 1. The molecule has 0 radical (unpaired) electrons. The normalized spacial score (nSPS) is 11.4. The van der Waals surface area contributed by atoms with Crippen LogP contribution in [0.4, 0.5) is 8.78 Å². The highest BCUT2D eigenvalue weighted by Gasteiger charge is 2.45. The predicted octanol–water partition coefficient (Wildman–Crippen LogP) is 5.03. The van der Waals surface area contributed by atoms with Crippen LogP contribution in [0.15, 0.2) is 89.7 Å². The lowest BCUT2D eigenvalue weighted by Gasteiger charge is -2.15. The van der Waals surface area contributed by atoms with Gasteiger partial charge in [0.1, 0.15) is 6.61 Å². The first-order valence-corrected chi connectivity index (χ1v) is 9.27. The monoisotopic (exact) mass is 405 g/mol. The summed E-state index contributed by atoms with van der Waals surface area (Å²) >= 11 is 0. The lowest BCUT2D eigenvalue weighted by molar-refractivity contribution is -0.175. The molecule has 0 saturated carbocycles. The van der Waals surface area contributed by atoms with Crippen molar-refractivity contribution in [3.05, 3.63) is 106 Å². The van der Waals surface area contributed by atoms with Gasteiger partial charge in [-0.3, -0.25) is 4.79 Å². The molecule has 1 aromatic heterocycles. The minimum atomic E-state index is -4.07. The third kappa shape index (κ3) is 3.85. The summed E-state index contributed by atoms with van der Waals surface area (Å²) in [5, 5.41) is 1.97. The van der Waals surface area contributed by atoms with Crippen LogP contribution >= 0.6 is 0 Å². The zero-order valence-corrected chi connectivity index (χ0v) is 15.8. The Morgan fingerprint density at radius 1 is 0.867 bits per heavy atom. The Morgan fingerprint density at radius 2 is 1.57 bits per heavy atom. The van der Waals surface area contributed by atoms with E-state index in [0.717, 1.165) is 16.8 Å². The van der Waals surface area contributed by atoms with Crippen molar-refractivity contribution < 1.29 is 18.3 Å². The topological polar surface area (TPSA) is 59.2 Å². The van der Waals surface area contributed by atoms with Crippen molar-refractivity contribution in [1.82, 2.24) is 4.98 Å². The second kappa shape index (κ2) is 7.91. The largest absolute Gasteiger partial charge is 0.456 e. The van der Waals surface area contributed by atoms with E-state index >= 15 is 0 Å². The molecule has 30 heavy (non-hydrogen) atoms. The van der Waals surface area contributed by atoms with Crippen molar-refractivity contribution in [2.24, 2.45) is 0 Å². The number of hydrogen-bond acceptors (Lipinski definition) is 3. The van der Waals surface area contributed by atoms with E-state index in [1.54, 1.807) is 36.4 Å². The number of carbonyl (C=O) groups is 1. The van der Waals surface area contributed by atoms with Gasteiger partial charge in [0.15, 0.2) is 0 Å². The van der Waals surface area contributed by atoms with Gasteiger partial charge in [0, 0.05) is 5.69 Å². The molecule has 150 valence electrons. The quantitative estimate of drug-likeness (QED) is 0.474. The first kappa shape index (κ1) is 19.5. The molecule has 0 bridgehead atoms. The highest BCUT2D eigenvalue weighted by atomic mass is 19.3. The smallest absolute Gasteiger partial charge is 0.382 e. The maximum absolute atomic E-state index is 14.6. The number of rotatable bonds is 5. The fourth-order valence-electron chi connectivity index (χ4n) is 3.17. The molecule has 0 atom stereocenters. The average molecular weight is 405 g/mol. The van der Waals surface area contributed by atoms with E-state index in [2.05, 4.69) is 4.98 Å². The van der Waals surface area contributed by atoms with Gasteiger partial charge in [0.25, 0.3) is 5.56 Å². The second-order valence-electron chi connectivity index (χ2n) is 6.81. The van der Waals surface area contributed by atoms with E-state index in [0.29, 0.717) is 16.8 Å². The molecule has 1 N–H and O–H groups in total. The van der Waals surface area contributed by atoms with E-state index < -0.39 is 23.0 Å². The molecule has 0 unspecified atom stereocenters. The summed E-state index contributed by atoms with van der Waals surface area (Å²) in [5.41, 5.74) is -0.370. The van der Waals surface area contributed by atoms with Crippen LogP contribution in [-0.2, 0) is 22.1 Å². The predicted molar refractivity (Wildman–Crippen MR) is 110 cm³/mol. The van der Waals surface area contributed by atoms with Gasteiger partial charge < -0.3 is 9.72 Å². The third-order valence-electron chi connectivity index (χ3n) is 4.78. The molecular formula is C24H17F2NO3. The fraction of sp³-hybridized carbons (Fsp3) is 0.0833. The van der Waals surface area contributed by atoms with Crippen molar-refractivity contribution >= 4 is 16.7 Å². The van der Waals surface area contributed by atoms with E-state index in [-0.39, 0.29) is 6.61 Å². The zero-order valence-electron chi connectivity index (χ0n) is 15.8. The number of hydrogen-bond donors (Lipinski definition) is 1. The summed E-state index contributed by atoms with van der Waals surface area (Å²) in [7, 11) is 0. The van der Waals surface area contributed by atoms with E-state index in [1.165, 1.54) is 6.07 Å². The van der Waals surface area contributed by atoms with Crippen LogP contribution < -0.4 is 5.56 Å². The molecule has 0 aliphatic heterocycles. The summed E-state index contributed by atoms with van der Waals surface area (Å²) in [4.78, 5) is 26.8. The minimum Gasteiger partial charge on any atom is -0.456 e. The van der Waals surface area contributed by atoms with Crippen molar-refractivity contribution in [1.29, 1.82) is 0 Å². The molecular weight excluding hydrogens is 388 g/mol. The summed E-state index contributed by atoms with van der Waals surface area (Å²) in [6, 6.07) is 24.0. The molecule has 0 spiro atoms. The number of fused-ring (bicyclic) bond motifs is 1. The number of benzene rings is 3. The Balaban J connectivity index is 1.58. The van der Waals surface area contributed by atoms with Gasteiger partial charge in [-0.2, -0.15) is 8.78 Å². The number of aromatic nitrogens is 1. The molecule has 1 heterocycles. The standard InChI is InChI=1S/C24H17F2NO3/c25-24(26,23(29)30-15-16-6-2-1-3-7-16)20-12-13-21(27-22(20)28)19-11-10-17-8-4-5-9-18(17)14-19/h1-14H,15H2,(H,27,28). The maximum atomic E-state index is 14.6. The first-order chi connectivity index (χ1) is 14.4. The summed E-state index contributed by atoms with van der Waals surface area (Å²) in [6.07, 6.45) is 0. The fourth-order valence-corrected chi connectivity index (χ4v) is 3.17. The highest BCUT2D eigenvalue weighted by Crippen LogP contribution is 2.29. The van der Waals surface area contributed by atoms with Crippen molar-refractivity contribution in [2.75, 3.05) is 0 Å². The van der Waals surface area contributed by atoms with Gasteiger partial charge in [0.2, 0.25) is 0 Å². The summed E-state index contributed by atoms with van der Waals surface area (Å²) in [6.45, 7) is -0.303. The zero-order chi connectivity index (χ0) is 21.1. The first-order valence-electron chi connectivity index (χ1n) is 9.27. The van der Waals surface area contributed by atoms with Crippen LogP contribution in [0.5, 0.6) is 0 Å². The molecule has 3 aromatic carbocycles.